The van der Waals surface area contributed by atoms with Crippen LogP contribution < -0.4 is 5.32 Å². The third kappa shape index (κ3) is 3.75. The molecule has 0 spiro atoms. The maximum atomic E-state index is 11.9. The van der Waals surface area contributed by atoms with E-state index in [0.29, 0.717) is 5.56 Å². The Hall–Kier alpha value is -2.48. The number of methoxy groups -OCH3 is 1. The Morgan fingerprint density at radius 3 is 2.65 bits per heavy atom. The number of carboxylic acids is 1. The summed E-state index contributed by atoms with van der Waals surface area (Å²) in [6.07, 6.45) is -1.21. The van der Waals surface area contributed by atoms with Gasteiger partial charge in [0.1, 0.15) is 5.56 Å². The Labute approximate surface area is 114 Å². The van der Waals surface area contributed by atoms with E-state index in [1.807, 2.05) is 0 Å². The zero-order chi connectivity index (χ0) is 15.3. The number of carboxylic acid groups (broad SMARTS) is 1. The number of ether oxygens (including phenoxy) is 1. The van der Waals surface area contributed by atoms with E-state index in [-0.39, 0.29) is 17.8 Å². The van der Waals surface area contributed by atoms with Crippen LogP contribution in [-0.4, -0.2) is 41.7 Å². The van der Waals surface area contributed by atoms with Crippen LogP contribution in [0.1, 0.15) is 15.9 Å². The van der Waals surface area contributed by atoms with E-state index < -0.39 is 22.9 Å². The number of aryl methyl sites for hydroxylation is 1. The van der Waals surface area contributed by atoms with E-state index in [4.69, 9.17) is 5.11 Å². The predicted molar refractivity (Wildman–Crippen MR) is 68.6 cm³/mol. The van der Waals surface area contributed by atoms with Crippen LogP contribution in [0.3, 0.4) is 0 Å². The topological polar surface area (TPSA) is 119 Å². The molecule has 20 heavy (non-hydrogen) atoms. The molecule has 8 nitrogen and oxygen atoms in total. The van der Waals surface area contributed by atoms with Crippen LogP contribution in [0.15, 0.2) is 18.2 Å². The second-order valence-electron chi connectivity index (χ2n) is 4.05. The van der Waals surface area contributed by atoms with Gasteiger partial charge in [-0.15, -0.1) is 0 Å². The van der Waals surface area contributed by atoms with Crippen molar-refractivity contribution in [2.45, 2.75) is 13.0 Å². The van der Waals surface area contributed by atoms with Gasteiger partial charge in [-0.05, 0) is 18.6 Å². The summed E-state index contributed by atoms with van der Waals surface area (Å²) in [7, 11) is 1.19. The fourth-order valence-corrected chi connectivity index (χ4v) is 1.54. The van der Waals surface area contributed by atoms with Gasteiger partial charge in [-0.1, -0.05) is 6.07 Å². The summed E-state index contributed by atoms with van der Waals surface area (Å²) >= 11 is 0. The minimum Gasteiger partial charge on any atom is -0.479 e. The van der Waals surface area contributed by atoms with E-state index in [2.05, 4.69) is 10.1 Å². The fourth-order valence-electron chi connectivity index (χ4n) is 1.54. The zero-order valence-corrected chi connectivity index (χ0v) is 11.0. The molecule has 0 saturated heterocycles. The summed E-state index contributed by atoms with van der Waals surface area (Å²) in [6.45, 7) is 1.41. The fraction of sp³-hybridized carbons (Fsp3) is 0.333. The summed E-state index contributed by atoms with van der Waals surface area (Å²) in [6, 6.07) is 4.12. The van der Waals surface area contributed by atoms with Crippen LogP contribution in [0.25, 0.3) is 0 Å². The second-order valence-corrected chi connectivity index (χ2v) is 4.05. The molecule has 8 heteroatoms. The molecular weight excluding hydrogens is 268 g/mol. The van der Waals surface area contributed by atoms with Gasteiger partial charge in [0, 0.05) is 13.2 Å². The Kier molecular flexibility index (Phi) is 5.15. The van der Waals surface area contributed by atoms with Gasteiger partial charge in [-0.3, -0.25) is 14.9 Å². The molecule has 1 unspecified atom stereocenters. The van der Waals surface area contributed by atoms with Gasteiger partial charge in [0.05, 0.1) is 11.5 Å². The number of carbonyl (C=O) groups is 2. The number of hydrogen-bond donors (Lipinski definition) is 2. The largest absolute Gasteiger partial charge is 0.479 e. The van der Waals surface area contributed by atoms with Crippen molar-refractivity contribution in [1.29, 1.82) is 0 Å². The number of nitro groups is 1. The third-order valence-corrected chi connectivity index (χ3v) is 2.60. The third-order valence-electron chi connectivity index (χ3n) is 2.60. The SMILES string of the molecule is COC(CNC(=O)c1cc(C)ccc1[N+](=O)[O-])C(=O)O. The van der Waals surface area contributed by atoms with Gasteiger partial charge >= 0.3 is 5.97 Å². The second kappa shape index (κ2) is 6.62. The molecule has 2 N–H and O–H groups in total. The van der Waals surface area contributed by atoms with Crippen LogP contribution >= 0.6 is 0 Å². The minimum atomic E-state index is -1.23. The highest BCUT2D eigenvalue weighted by Gasteiger charge is 2.22. The Morgan fingerprint density at radius 2 is 2.15 bits per heavy atom. The number of aliphatic carboxylic acids is 1. The Balaban J connectivity index is 2.89. The van der Waals surface area contributed by atoms with Crippen LogP contribution in [0, 0.1) is 17.0 Å². The van der Waals surface area contributed by atoms with Gasteiger partial charge in [0.2, 0.25) is 0 Å². The van der Waals surface area contributed by atoms with Crippen molar-refractivity contribution in [2.24, 2.45) is 0 Å². The molecule has 1 aromatic rings. The van der Waals surface area contributed by atoms with Gasteiger partial charge in [-0.25, -0.2) is 4.79 Å². The van der Waals surface area contributed by atoms with Crippen LogP contribution in [0.5, 0.6) is 0 Å². The van der Waals surface area contributed by atoms with E-state index in [1.54, 1.807) is 6.92 Å². The van der Waals surface area contributed by atoms with Crippen molar-refractivity contribution in [3.8, 4) is 0 Å². The highest BCUT2D eigenvalue weighted by Crippen LogP contribution is 2.19. The van der Waals surface area contributed by atoms with Crippen molar-refractivity contribution in [2.75, 3.05) is 13.7 Å². The molecule has 0 aliphatic rings. The first-order valence-corrected chi connectivity index (χ1v) is 5.65. The molecule has 0 aliphatic heterocycles. The maximum Gasteiger partial charge on any atom is 0.334 e. The molecular formula is C12H14N2O6. The van der Waals surface area contributed by atoms with E-state index in [1.165, 1.54) is 25.3 Å². The van der Waals surface area contributed by atoms with Gasteiger partial charge in [0.15, 0.2) is 6.10 Å². The van der Waals surface area contributed by atoms with Crippen molar-refractivity contribution >= 4 is 17.6 Å². The molecule has 108 valence electrons. The first-order chi connectivity index (χ1) is 9.36. The molecule has 1 aromatic carbocycles. The smallest absolute Gasteiger partial charge is 0.334 e. The quantitative estimate of drug-likeness (QED) is 0.586. The minimum absolute atomic E-state index is 0.116. The standard InChI is InChI=1S/C12H14N2O6/c1-7-3-4-9(14(18)19)8(5-7)11(15)13-6-10(20-2)12(16)17/h3-5,10H,6H2,1-2H3,(H,13,15)(H,16,17). The molecule has 0 aliphatic carbocycles. The van der Waals surface area contributed by atoms with Crippen LogP contribution in [-0.2, 0) is 9.53 Å². The Morgan fingerprint density at radius 1 is 1.50 bits per heavy atom. The van der Waals surface area contributed by atoms with E-state index in [0.717, 1.165) is 0 Å². The highest BCUT2D eigenvalue weighted by molar-refractivity contribution is 5.98. The van der Waals surface area contributed by atoms with Gasteiger partial charge in [-0.2, -0.15) is 0 Å². The molecule has 0 bridgehead atoms. The summed E-state index contributed by atoms with van der Waals surface area (Å²) in [5.74, 6) is -1.95. The summed E-state index contributed by atoms with van der Waals surface area (Å²) in [5, 5.41) is 21.9. The van der Waals surface area contributed by atoms with Crippen molar-refractivity contribution < 1.29 is 24.4 Å². The molecule has 1 amide bonds. The first kappa shape index (κ1) is 15.6. The van der Waals surface area contributed by atoms with Crippen LogP contribution in [0.2, 0.25) is 0 Å². The lowest BCUT2D eigenvalue weighted by molar-refractivity contribution is -0.385. The lowest BCUT2D eigenvalue weighted by Crippen LogP contribution is -2.38. The average molecular weight is 282 g/mol. The maximum absolute atomic E-state index is 11.9. The van der Waals surface area contributed by atoms with Gasteiger partial charge < -0.3 is 15.2 Å². The number of carbonyl (C=O) groups excluding carboxylic acids is 1. The zero-order valence-electron chi connectivity index (χ0n) is 11.0. The summed E-state index contributed by atoms with van der Waals surface area (Å²) < 4.78 is 4.65. The molecule has 0 radical (unpaired) electrons. The number of amides is 1. The van der Waals surface area contributed by atoms with Crippen molar-refractivity contribution in [1.82, 2.24) is 5.32 Å². The molecule has 1 atom stereocenters. The number of nitro benzene ring substituents is 1. The summed E-state index contributed by atoms with van der Waals surface area (Å²) in [5.41, 5.74) is 0.231. The lowest BCUT2D eigenvalue weighted by Gasteiger charge is -2.11. The predicted octanol–water partition coefficient (Wildman–Crippen LogP) is 0.733. The Bertz CT molecular complexity index is 543. The number of benzene rings is 1. The number of nitrogens with one attached hydrogen (secondary N) is 1. The van der Waals surface area contributed by atoms with Gasteiger partial charge in [0.25, 0.3) is 11.6 Å². The molecule has 1 rings (SSSR count). The lowest BCUT2D eigenvalue weighted by atomic mass is 10.1. The van der Waals surface area contributed by atoms with E-state index in [9.17, 15) is 19.7 Å². The molecule has 0 fully saturated rings. The molecule has 0 saturated carbocycles. The summed E-state index contributed by atoms with van der Waals surface area (Å²) in [4.78, 5) is 32.8. The highest BCUT2D eigenvalue weighted by atomic mass is 16.6. The van der Waals surface area contributed by atoms with Crippen molar-refractivity contribution in [3.63, 3.8) is 0 Å². The molecule has 0 heterocycles. The monoisotopic (exact) mass is 282 g/mol. The van der Waals surface area contributed by atoms with Crippen molar-refractivity contribution in [3.05, 3.63) is 39.4 Å². The number of nitrogens with zero attached hydrogens (tertiary/aromatic N) is 1. The normalized spacial score (nSPS) is 11.7. The molecule has 0 aromatic heterocycles. The average Bonchev–Trinajstić information content (AvgIpc) is 2.38. The van der Waals surface area contributed by atoms with Crippen LogP contribution in [0.4, 0.5) is 5.69 Å². The number of hydrogen-bond acceptors (Lipinski definition) is 5. The first-order valence-electron chi connectivity index (χ1n) is 5.65. The number of rotatable bonds is 6. The van der Waals surface area contributed by atoms with E-state index >= 15 is 0 Å².